The zero-order valence-electron chi connectivity index (χ0n) is 11.1. The van der Waals surface area contributed by atoms with Crippen LogP contribution in [-0.2, 0) is 0 Å². The number of hydrogen-bond acceptors (Lipinski definition) is 4. The van der Waals surface area contributed by atoms with Crippen LogP contribution in [0.15, 0.2) is 50.3 Å². The Bertz CT molecular complexity index is 850. The van der Waals surface area contributed by atoms with Gasteiger partial charge in [0.1, 0.15) is 23.4 Å². The third kappa shape index (κ3) is 2.62. The highest BCUT2D eigenvalue weighted by Gasteiger charge is 2.14. The molecule has 0 saturated heterocycles. The van der Waals surface area contributed by atoms with Crippen molar-refractivity contribution < 1.29 is 9.52 Å². The lowest BCUT2D eigenvalue weighted by molar-refractivity contribution is 0.454. The van der Waals surface area contributed by atoms with Crippen LogP contribution in [0.1, 0.15) is 5.76 Å². The Morgan fingerprint density at radius 3 is 2.52 bits per heavy atom. The highest BCUT2D eigenvalue weighted by atomic mass is 79.9. The van der Waals surface area contributed by atoms with Gasteiger partial charge in [-0.05, 0) is 30.7 Å². The Morgan fingerprint density at radius 2 is 1.95 bits per heavy atom. The molecule has 3 rings (SSSR count). The summed E-state index contributed by atoms with van der Waals surface area (Å²) < 4.78 is 6.07. The lowest BCUT2D eigenvalue weighted by Gasteiger charge is -2.05. The SMILES string of the molecule is Cc1cc(-c2nc(O)c(-c3ccc(Br)cc3)c(=O)[nH]2)co1. The minimum Gasteiger partial charge on any atom is -0.493 e. The minimum atomic E-state index is -0.404. The summed E-state index contributed by atoms with van der Waals surface area (Å²) in [4.78, 5) is 18.9. The molecule has 0 saturated carbocycles. The summed E-state index contributed by atoms with van der Waals surface area (Å²) in [6.45, 7) is 1.79. The van der Waals surface area contributed by atoms with Gasteiger partial charge in [0.2, 0.25) is 5.88 Å². The molecule has 0 radical (unpaired) electrons. The molecule has 21 heavy (non-hydrogen) atoms. The van der Waals surface area contributed by atoms with Crippen LogP contribution in [0, 0.1) is 6.92 Å². The Hall–Kier alpha value is -2.34. The van der Waals surface area contributed by atoms with E-state index >= 15 is 0 Å². The Balaban J connectivity index is 2.12. The minimum absolute atomic E-state index is 0.145. The molecule has 0 atom stereocenters. The molecule has 3 aromatic rings. The van der Waals surface area contributed by atoms with E-state index in [1.54, 1.807) is 37.3 Å². The van der Waals surface area contributed by atoms with E-state index in [1.165, 1.54) is 6.26 Å². The molecule has 2 aromatic heterocycles. The molecule has 0 amide bonds. The first-order valence-corrected chi connectivity index (χ1v) is 6.98. The molecular formula is C15H11BrN2O3. The van der Waals surface area contributed by atoms with Crippen molar-refractivity contribution in [2.45, 2.75) is 6.92 Å². The maximum atomic E-state index is 12.2. The maximum absolute atomic E-state index is 12.2. The third-order valence-electron chi connectivity index (χ3n) is 3.04. The van der Waals surface area contributed by atoms with Gasteiger partial charge in [-0.15, -0.1) is 0 Å². The number of furan rings is 1. The lowest BCUT2D eigenvalue weighted by atomic mass is 10.1. The molecule has 2 heterocycles. The van der Waals surface area contributed by atoms with E-state index in [0.717, 1.165) is 4.47 Å². The number of nitrogens with one attached hydrogen (secondary N) is 1. The number of H-pyrrole nitrogens is 1. The second kappa shape index (κ2) is 5.21. The Kier molecular flexibility index (Phi) is 3.39. The van der Waals surface area contributed by atoms with E-state index in [-0.39, 0.29) is 17.3 Å². The highest BCUT2D eigenvalue weighted by molar-refractivity contribution is 9.10. The number of aryl methyl sites for hydroxylation is 1. The molecule has 0 aliphatic carbocycles. The van der Waals surface area contributed by atoms with Crippen molar-refractivity contribution in [3.63, 3.8) is 0 Å². The summed E-state index contributed by atoms with van der Waals surface area (Å²) in [7, 11) is 0. The second-order valence-electron chi connectivity index (χ2n) is 4.57. The predicted molar refractivity (Wildman–Crippen MR) is 82.1 cm³/mol. The average Bonchev–Trinajstić information content (AvgIpc) is 2.87. The maximum Gasteiger partial charge on any atom is 0.262 e. The van der Waals surface area contributed by atoms with Gasteiger partial charge in [-0.25, -0.2) is 0 Å². The van der Waals surface area contributed by atoms with Gasteiger partial charge in [-0.3, -0.25) is 4.79 Å². The van der Waals surface area contributed by atoms with Gasteiger partial charge in [0, 0.05) is 4.47 Å². The summed E-state index contributed by atoms with van der Waals surface area (Å²) >= 11 is 3.33. The number of nitrogens with zero attached hydrogens (tertiary/aromatic N) is 1. The lowest BCUT2D eigenvalue weighted by Crippen LogP contribution is -2.11. The van der Waals surface area contributed by atoms with Gasteiger partial charge in [0.25, 0.3) is 5.56 Å². The molecule has 5 nitrogen and oxygen atoms in total. The van der Waals surface area contributed by atoms with E-state index < -0.39 is 5.56 Å². The van der Waals surface area contributed by atoms with Crippen LogP contribution in [-0.4, -0.2) is 15.1 Å². The van der Waals surface area contributed by atoms with E-state index in [0.29, 0.717) is 16.9 Å². The fourth-order valence-electron chi connectivity index (χ4n) is 2.04. The molecule has 0 unspecified atom stereocenters. The topological polar surface area (TPSA) is 79.1 Å². The average molecular weight is 347 g/mol. The summed E-state index contributed by atoms with van der Waals surface area (Å²) in [5.41, 5.74) is 0.951. The van der Waals surface area contributed by atoms with Crippen molar-refractivity contribution >= 4 is 15.9 Å². The van der Waals surface area contributed by atoms with E-state index in [1.807, 2.05) is 0 Å². The molecule has 0 aliphatic rings. The summed E-state index contributed by atoms with van der Waals surface area (Å²) in [6, 6.07) is 8.79. The van der Waals surface area contributed by atoms with Crippen LogP contribution in [0.25, 0.3) is 22.5 Å². The third-order valence-corrected chi connectivity index (χ3v) is 3.57. The zero-order valence-corrected chi connectivity index (χ0v) is 12.6. The number of aromatic amines is 1. The van der Waals surface area contributed by atoms with Gasteiger partial charge in [0.15, 0.2) is 0 Å². The smallest absolute Gasteiger partial charge is 0.262 e. The zero-order chi connectivity index (χ0) is 15.0. The predicted octanol–water partition coefficient (Wildman–Crippen LogP) is 3.47. The van der Waals surface area contributed by atoms with Crippen molar-refractivity contribution in [1.29, 1.82) is 0 Å². The number of hydrogen-bond donors (Lipinski definition) is 2. The first-order chi connectivity index (χ1) is 10.0. The van der Waals surface area contributed by atoms with Crippen LogP contribution in [0.2, 0.25) is 0 Å². The number of aromatic hydroxyl groups is 1. The normalized spacial score (nSPS) is 10.8. The molecule has 0 spiro atoms. The number of aromatic nitrogens is 2. The summed E-state index contributed by atoms with van der Waals surface area (Å²) in [6.07, 6.45) is 1.48. The molecule has 0 bridgehead atoms. The molecule has 0 fully saturated rings. The number of benzene rings is 1. The van der Waals surface area contributed by atoms with Crippen molar-refractivity contribution in [3.8, 4) is 28.4 Å². The van der Waals surface area contributed by atoms with Gasteiger partial charge in [0.05, 0.1) is 5.56 Å². The monoisotopic (exact) mass is 346 g/mol. The molecule has 106 valence electrons. The van der Waals surface area contributed by atoms with Crippen LogP contribution in [0.3, 0.4) is 0 Å². The summed E-state index contributed by atoms with van der Waals surface area (Å²) in [5, 5.41) is 10.1. The van der Waals surface area contributed by atoms with Crippen LogP contribution >= 0.6 is 15.9 Å². The number of halogens is 1. The first kappa shape index (κ1) is 13.6. The molecule has 1 aromatic carbocycles. The fraction of sp³-hybridized carbons (Fsp3) is 0.0667. The standard InChI is InChI=1S/C15H11BrN2O3/c1-8-6-10(7-21-8)13-17-14(19)12(15(20)18-13)9-2-4-11(16)5-3-9/h2-7H,1H3,(H2,17,18,19,20). The fourth-order valence-corrected chi connectivity index (χ4v) is 2.31. The molecule has 0 aliphatic heterocycles. The molecular weight excluding hydrogens is 336 g/mol. The van der Waals surface area contributed by atoms with Gasteiger partial charge < -0.3 is 14.5 Å². The van der Waals surface area contributed by atoms with E-state index in [2.05, 4.69) is 25.9 Å². The van der Waals surface area contributed by atoms with E-state index in [9.17, 15) is 9.90 Å². The molecule has 2 N–H and O–H groups in total. The van der Waals surface area contributed by atoms with Gasteiger partial charge in [-0.1, -0.05) is 28.1 Å². The van der Waals surface area contributed by atoms with Crippen molar-refractivity contribution in [1.82, 2.24) is 9.97 Å². The van der Waals surface area contributed by atoms with Gasteiger partial charge >= 0.3 is 0 Å². The van der Waals surface area contributed by atoms with Crippen LogP contribution < -0.4 is 5.56 Å². The summed E-state index contributed by atoms with van der Waals surface area (Å²) in [5.74, 6) is 0.661. The largest absolute Gasteiger partial charge is 0.493 e. The quantitative estimate of drug-likeness (QED) is 0.744. The van der Waals surface area contributed by atoms with Crippen molar-refractivity contribution in [3.05, 3.63) is 57.2 Å². The Labute approximate surface area is 128 Å². The van der Waals surface area contributed by atoms with Crippen LogP contribution in [0.5, 0.6) is 5.88 Å². The molecule has 6 heteroatoms. The van der Waals surface area contributed by atoms with Crippen molar-refractivity contribution in [2.75, 3.05) is 0 Å². The van der Waals surface area contributed by atoms with Gasteiger partial charge in [-0.2, -0.15) is 4.98 Å². The highest BCUT2D eigenvalue weighted by Crippen LogP contribution is 2.27. The van der Waals surface area contributed by atoms with Crippen LogP contribution in [0.4, 0.5) is 0 Å². The number of rotatable bonds is 2. The second-order valence-corrected chi connectivity index (χ2v) is 5.48. The van der Waals surface area contributed by atoms with Crippen molar-refractivity contribution in [2.24, 2.45) is 0 Å². The first-order valence-electron chi connectivity index (χ1n) is 6.19. The van der Waals surface area contributed by atoms with E-state index in [4.69, 9.17) is 4.42 Å². The Morgan fingerprint density at radius 1 is 1.24 bits per heavy atom.